The number of hydrogen-bond acceptors (Lipinski definition) is 3. The lowest BCUT2D eigenvalue weighted by molar-refractivity contribution is -0.148. The number of carbonyl (C=O) groups excluding carboxylic acids is 1. The van der Waals surface area contributed by atoms with E-state index in [2.05, 4.69) is 0 Å². The van der Waals surface area contributed by atoms with Crippen LogP contribution in [-0.2, 0) is 14.5 Å². The van der Waals surface area contributed by atoms with Gasteiger partial charge in [-0.1, -0.05) is 12.1 Å². The van der Waals surface area contributed by atoms with Gasteiger partial charge in [-0.25, -0.2) is 9.18 Å². The number of carboxylic acid groups (broad SMARTS) is 1. The summed E-state index contributed by atoms with van der Waals surface area (Å²) in [6.07, 6.45) is 0.917. The SMILES string of the molecule is O=C(O)[C@@H]1CS[C@]2(c3ccc(F)cc3)CCC(=O)N12. The molecule has 2 aliphatic heterocycles. The largest absolute Gasteiger partial charge is 0.480 e. The molecule has 1 N–H and O–H groups in total. The number of halogens is 1. The Bertz CT molecular complexity index is 547. The summed E-state index contributed by atoms with van der Waals surface area (Å²) in [6, 6.07) is 5.18. The third-order valence-electron chi connectivity index (χ3n) is 3.71. The molecule has 0 aromatic heterocycles. The Hall–Kier alpha value is -1.56. The predicted molar refractivity (Wildman–Crippen MR) is 68.0 cm³/mol. The molecule has 2 fully saturated rings. The van der Waals surface area contributed by atoms with Crippen molar-refractivity contribution in [3.8, 4) is 0 Å². The van der Waals surface area contributed by atoms with Crippen LogP contribution in [0.5, 0.6) is 0 Å². The van der Waals surface area contributed by atoms with Crippen molar-refractivity contribution in [2.75, 3.05) is 5.75 Å². The van der Waals surface area contributed by atoms with Crippen molar-refractivity contribution in [3.05, 3.63) is 35.6 Å². The quantitative estimate of drug-likeness (QED) is 0.898. The van der Waals surface area contributed by atoms with Crippen LogP contribution in [0.2, 0.25) is 0 Å². The van der Waals surface area contributed by atoms with Crippen molar-refractivity contribution in [2.45, 2.75) is 23.8 Å². The molecule has 2 atom stereocenters. The van der Waals surface area contributed by atoms with Crippen molar-refractivity contribution in [3.63, 3.8) is 0 Å². The summed E-state index contributed by atoms with van der Waals surface area (Å²) in [4.78, 5) is 24.1. The summed E-state index contributed by atoms with van der Waals surface area (Å²) in [6.45, 7) is 0. The zero-order chi connectivity index (χ0) is 13.6. The first-order valence-electron chi connectivity index (χ1n) is 5.99. The van der Waals surface area contributed by atoms with Gasteiger partial charge in [0.05, 0.1) is 0 Å². The topological polar surface area (TPSA) is 57.6 Å². The van der Waals surface area contributed by atoms with E-state index in [1.54, 1.807) is 12.1 Å². The van der Waals surface area contributed by atoms with Crippen LogP contribution < -0.4 is 0 Å². The standard InChI is InChI=1S/C13H12FNO3S/c14-9-3-1-8(2-4-9)13-6-5-11(16)15(13)10(7-19-13)12(17)18/h1-4,10H,5-7H2,(H,17,18)/t10-,13-/m0/s1. The molecule has 4 nitrogen and oxygen atoms in total. The first-order chi connectivity index (χ1) is 9.04. The fraction of sp³-hybridized carbons (Fsp3) is 0.385. The van der Waals surface area contributed by atoms with Gasteiger partial charge in [0.15, 0.2) is 0 Å². The molecule has 0 saturated carbocycles. The molecule has 2 aliphatic rings. The molecular formula is C13H12FNO3S. The second-order valence-corrected chi connectivity index (χ2v) is 6.02. The molecule has 19 heavy (non-hydrogen) atoms. The molecule has 1 aromatic carbocycles. The highest BCUT2D eigenvalue weighted by Gasteiger charge is 2.56. The van der Waals surface area contributed by atoms with Crippen LogP contribution in [-0.4, -0.2) is 33.7 Å². The maximum atomic E-state index is 13.0. The lowest BCUT2D eigenvalue weighted by atomic mass is 10.0. The van der Waals surface area contributed by atoms with Gasteiger partial charge in [-0.3, -0.25) is 4.79 Å². The van der Waals surface area contributed by atoms with Gasteiger partial charge < -0.3 is 10.0 Å². The molecule has 0 spiro atoms. The minimum Gasteiger partial charge on any atom is -0.480 e. The van der Waals surface area contributed by atoms with Gasteiger partial charge in [0, 0.05) is 12.2 Å². The summed E-state index contributed by atoms with van der Waals surface area (Å²) in [5.41, 5.74) is 0.800. The Labute approximate surface area is 113 Å². The second-order valence-electron chi connectivity index (χ2n) is 4.72. The Morgan fingerprint density at radius 3 is 2.74 bits per heavy atom. The average molecular weight is 281 g/mol. The molecule has 1 amide bonds. The maximum absolute atomic E-state index is 13.0. The molecule has 100 valence electrons. The van der Waals surface area contributed by atoms with Crippen molar-refractivity contribution in [1.82, 2.24) is 4.90 Å². The number of carboxylic acids is 1. The molecular weight excluding hydrogens is 269 g/mol. The third kappa shape index (κ3) is 1.74. The minimum atomic E-state index is -0.980. The number of benzene rings is 1. The number of nitrogens with zero attached hydrogens (tertiary/aromatic N) is 1. The van der Waals surface area contributed by atoms with Crippen LogP contribution in [0.1, 0.15) is 18.4 Å². The van der Waals surface area contributed by atoms with E-state index in [0.717, 1.165) is 5.56 Å². The number of thioether (sulfide) groups is 1. The van der Waals surface area contributed by atoms with E-state index in [1.165, 1.54) is 28.8 Å². The van der Waals surface area contributed by atoms with Crippen LogP contribution in [0, 0.1) is 5.82 Å². The van der Waals surface area contributed by atoms with E-state index in [-0.39, 0.29) is 11.7 Å². The molecule has 2 saturated heterocycles. The van der Waals surface area contributed by atoms with E-state index < -0.39 is 16.9 Å². The zero-order valence-corrected chi connectivity index (χ0v) is 10.8. The predicted octanol–water partition coefficient (Wildman–Crippen LogP) is 1.80. The first-order valence-corrected chi connectivity index (χ1v) is 6.98. The number of hydrogen-bond donors (Lipinski definition) is 1. The third-order valence-corrected chi connectivity index (χ3v) is 5.30. The first kappa shape index (κ1) is 12.5. The van der Waals surface area contributed by atoms with E-state index in [4.69, 9.17) is 0 Å². The van der Waals surface area contributed by atoms with Gasteiger partial charge in [-0.05, 0) is 24.1 Å². The molecule has 0 aliphatic carbocycles. The van der Waals surface area contributed by atoms with Crippen molar-refractivity contribution < 1.29 is 19.1 Å². The van der Waals surface area contributed by atoms with Crippen LogP contribution >= 0.6 is 11.8 Å². The summed E-state index contributed by atoms with van der Waals surface area (Å²) in [5.74, 6) is -1.08. The zero-order valence-electron chi connectivity index (χ0n) is 10.0. The fourth-order valence-corrected chi connectivity index (χ4v) is 4.48. The Morgan fingerprint density at radius 2 is 2.11 bits per heavy atom. The number of amides is 1. The molecule has 6 heteroatoms. The summed E-state index contributed by atoms with van der Waals surface area (Å²) < 4.78 is 13.0. The number of carbonyl (C=O) groups is 2. The normalized spacial score (nSPS) is 29.6. The highest BCUT2D eigenvalue weighted by atomic mass is 32.2. The monoisotopic (exact) mass is 281 g/mol. The van der Waals surface area contributed by atoms with Gasteiger partial charge in [0.25, 0.3) is 0 Å². The Balaban J connectivity index is 2.05. The fourth-order valence-electron chi connectivity index (χ4n) is 2.84. The van der Waals surface area contributed by atoms with Crippen molar-refractivity contribution >= 4 is 23.6 Å². The molecule has 0 radical (unpaired) electrons. The van der Waals surface area contributed by atoms with Gasteiger partial charge in [-0.2, -0.15) is 0 Å². The van der Waals surface area contributed by atoms with Crippen molar-refractivity contribution in [2.24, 2.45) is 0 Å². The van der Waals surface area contributed by atoms with Crippen LogP contribution in [0.4, 0.5) is 4.39 Å². The van der Waals surface area contributed by atoms with Crippen molar-refractivity contribution in [1.29, 1.82) is 0 Å². The average Bonchev–Trinajstić information content (AvgIpc) is 2.90. The molecule has 2 heterocycles. The second kappa shape index (κ2) is 4.23. The Morgan fingerprint density at radius 1 is 1.42 bits per heavy atom. The van der Waals surface area contributed by atoms with Gasteiger partial charge in [0.2, 0.25) is 5.91 Å². The molecule has 0 bridgehead atoms. The molecule has 3 rings (SSSR count). The van der Waals surface area contributed by atoms with Gasteiger partial charge in [0.1, 0.15) is 16.7 Å². The highest BCUT2D eigenvalue weighted by Crippen LogP contribution is 2.54. The highest BCUT2D eigenvalue weighted by molar-refractivity contribution is 8.00. The summed E-state index contributed by atoms with van der Waals surface area (Å²) >= 11 is 1.46. The summed E-state index contributed by atoms with van der Waals surface area (Å²) in [7, 11) is 0. The summed E-state index contributed by atoms with van der Waals surface area (Å²) in [5, 5.41) is 9.22. The smallest absolute Gasteiger partial charge is 0.327 e. The lowest BCUT2D eigenvalue weighted by Gasteiger charge is -2.33. The van der Waals surface area contributed by atoms with Crippen LogP contribution in [0.15, 0.2) is 24.3 Å². The van der Waals surface area contributed by atoms with Crippen LogP contribution in [0.25, 0.3) is 0 Å². The van der Waals surface area contributed by atoms with E-state index in [0.29, 0.717) is 18.6 Å². The van der Waals surface area contributed by atoms with E-state index in [9.17, 15) is 19.1 Å². The molecule has 0 unspecified atom stereocenters. The van der Waals surface area contributed by atoms with E-state index in [1.807, 2.05) is 0 Å². The molecule has 1 aromatic rings. The minimum absolute atomic E-state index is 0.137. The maximum Gasteiger partial charge on any atom is 0.327 e. The lowest BCUT2D eigenvalue weighted by Crippen LogP contribution is -2.45. The van der Waals surface area contributed by atoms with Crippen LogP contribution in [0.3, 0.4) is 0 Å². The number of aliphatic carboxylic acids is 1. The van der Waals surface area contributed by atoms with Gasteiger partial charge in [-0.15, -0.1) is 11.8 Å². The number of fused-ring (bicyclic) bond motifs is 1. The Kier molecular flexibility index (Phi) is 2.78. The van der Waals surface area contributed by atoms with Gasteiger partial charge >= 0.3 is 5.97 Å². The van der Waals surface area contributed by atoms with E-state index >= 15 is 0 Å². The number of rotatable bonds is 2.